The van der Waals surface area contributed by atoms with Gasteiger partial charge >= 0.3 is 0 Å². The van der Waals surface area contributed by atoms with Crippen LogP contribution in [0.15, 0.2) is 36.4 Å². The van der Waals surface area contributed by atoms with Crippen molar-refractivity contribution in [1.82, 2.24) is 0 Å². The van der Waals surface area contributed by atoms with Gasteiger partial charge in [-0.05, 0) is 36.4 Å². The van der Waals surface area contributed by atoms with Gasteiger partial charge in [0.25, 0.3) is 0 Å². The second-order valence-electron chi connectivity index (χ2n) is 4.02. The van der Waals surface area contributed by atoms with E-state index < -0.39 is 11.6 Å². The summed E-state index contributed by atoms with van der Waals surface area (Å²) in [5.74, 6) is -0.278. The van der Waals surface area contributed by atoms with E-state index in [2.05, 4.69) is 0 Å². The molecule has 2 rings (SSSR count). The molecule has 2 aromatic rings. The van der Waals surface area contributed by atoms with E-state index in [1.165, 1.54) is 32.4 Å². The Bertz CT molecular complexity index is 600. The van der Waals surface area contributed by atoms with Crippen molar-refractivity contribution in [3.05, 3.63) is 58.4 Å². The lowest BCUT2D eigenvalue weighted by Gasteiger charge is -2.11. The summed E-state index contributed by atoms with van der Waals surface area (Å²) in [6.45, 7) is 0. The van der Waals surface area contributed by atoms with E-state index in [1.54, 1.807) is 12.1 Å². The fourth-order valence-electron chi connectivity index (χ4n) is 1.86. The topological polar surface area (TPSA) is 35.5 Å². The highest BCUT2D eigenvalue weighted by molar-refractivity contribution is 6.31. The van der Waals surface area contributed by atoms with Crippen LogP contribution in [0.1, 0.15) is 15.9 Å². The predicted molar refractivity (Wildman–Crippen MR) is 74.4 cm³/mol. The third kappa shape index (κ3) is 2.75. The summed E-state index contributed by atoms with van der Waals surface area (Å²) >= 11 is 5.90. The highest BCUT2D eigenvalue weighted by atomic mass is 35.5. The Labute approximate surface area is 120 Å². The van der Waals surface area contributed by atoms with Crippen molar-refractivity contribution in [3.8, 4) is 11.5 Å². The van der Waals surface area contributed by atoms with Gasteiger partial charge in [-0.25, -0.2) is 4.39 Å². The molecular formula is C15H12ClFO3. The average Bonchev–Trinajstić information content (AvgIpc) is 2.46. The van der Waals surface area contributed by atoms with E-state index in [9.17, 15) is 9.18 Å². The van der Waals surface area contributed by atoms with Gasteiger partial charge in [0.1, 0.15) is 17.3 Å². The minimum Gasteiger partial charge on any atom is -0.496 e. The van der Waals surface area contributed by atoms with Gasteiger partial charge in [-0.3, -0.25) is 4.79 Å². The molecule has 20 heavy (non-hydrogen) atoms. The minimum absolute atomic E-state index is 0.119. The Morgan fingerprint density at radius 3 is 2.15 bits per heavy atom. The number of carbonyl (C=O) groups is 1. The molecule has 5 heteroatoms. The van der Waals surface area contributed by atoms with E-state index in [0.29, 0.717) is 16.5 Å². The van der Waals surface area contributed by atoms with Gasteiger partial charge in [0.15, 0.2) is 0 Å². The molecule has 0 aromatic heterocycles. The van der Waals surface area contributed by atoms with Gasteiger partial charge < -0.3 is 9.47 Å². The maximum atomic E-state index is 13.4. The van der Waals surface area contributed by atoms with Crippen LogP contribution in [0.3, 0.4) is 0 Å². The first kappa shape index (κ1) is 14.3. The van der Waals surface area contributed by atoms with Crippen molar-refractivity contribution in [2.75, 3.05) is 14.2 Å². The monoisotopic (exact) mass is 294 g/mol. The van der Waals surface area contributed by atoms with Crippen LogP contribution >= 0.6 is 11.6 Å². The van der Waals surface area contributed by atoms with Crippen LogP contribution in [0, 0.1) is 5.82 Å². The molecule has 0 bridgehead atoms. The lowest BCUT2D eigenvalue weighted by atomic mass is 10.0. The van der Waals surface area contributed by atoms with Gasteiger partial charge in [0.2, 0.25) is 5.78 Å². The molecule has 2 aromatic carbocycles. The number of benzene rings is 2. The average molecular weight is 295 g/mol. The Morgan fingerprint density at radius 2 is 1.55 bits per heavy atom. The second-order valence-corrected chi connectivity index (χ2v) is 4.45. The molecule has 0 N–H and O–H groups in total. The van der Waals surface area contributed by atoms with Crippen LogP contribution in [-0.2, 0) is 0 Å². The summed E-state index contributed by atoms with van der Waals surface area (Å²) in [6.07, 6.45) is 0. The summed E-state index contributed by atoms with van der Waals surface area (Å²) < 4.78 is 23.6. The largest absolute Gasteiger partial charge is 0.496 e. The van der Waals surface area contributed by atoms with Crippen LogP contribution in [0.4, 0.5) is 4.39 Å². The first-order chi connectivity index (χ1) is 9.56. The fraction of sp³-hybridized carbons (Fsp3) is 0.133. The lowest BCUT2D eigenvalue weighted by Crippen LogP contribution is -2.06. The highest BCUT2D eigenvalue weighted by Crippen LogP contribution is 2.29. The Hall–Kier alpha value is -2.07. The van der Waals surface area contributed by atoms with Crippen molar-refractivity contribution in [2.24, 2.45) is 0 Å². The Kier molecular flexibility index (Phi) is 4.25. The standard InChI is InChI=1S/C15H12ClFO3/c1-19-13-5-3-9(16)7-11(13)15(18)12-8-10(17)4-6-14(12)20-2/h3-8H,1-2H3. The van der Waals surface area contributed by atoms with Crippen molar-refractivity contribution in [1.29, 1.82) is 0 Å². The maximum absolute atomic E-state index is 13.4. The molecule has 0 heterocycles. The predicted octanol–water partition coefficient (Wildman–Crippen LogP) is 3.73. The zero-order valence-corrected chi connectivity index (χ0v) is 11.7. The summed E-state index contributed by atoms with van der Waals surface area (Å²) in [4.78, 5) is 12.5. The van der Waals surface area contributed by atoms with E-state index in [1.807, 2.05) is 0 Å². The summed E-state index contributed by atoms with van der Waals surface area (Å²) in [6, 6.07) is 8.43. The summed E-state index contributed by atoms with van der Waals surface area (Å²) in [5, 5.41) is 0.393. The maximum Gasteiger partial charge on any atom is 0.200 e. The molecule has 0 aliphatic heterocycles. The van der Waals surface area contributed by atoms with Crippen molar-refractivity contribution < 1.29 is 18.7 Å². The highest BCUT2D eigenvalue weighted by Gasteiger charge is 2.19. The van der Waals surface area contributed by atoms with Gasteiger partial charge in [0, 0.05) is 5.02 Å². The number of hydrogen-bond acceptors (Lipinski definition) is 3. The third-order valence-electron chi connectivity index (χ3n) is 2.81. The molecule has 0 saturated heterocycles. The number of halogens is 2. The molecule has 0 spiro atoms. The van der Waals surface area contributed by atoms with Crippen LogP contribution in [0.5, 0.6) is 11.5 Å². The minimum atomic E-state index is -0.518. The van der Waals surface area contributed by atoms with Crippen molar-refractivity contribution in [2.45, 2.75) is 0 Å². The Morgan fingerprint density at radius 1 is 1.00 bits per heavy atom. The van der Waals surface area contributed by atoms with Crippen molar-refractivity contribution >= 4 is 17.4 Å². The molecule has 0 saturated carbocycles. The van der Waals surface area contributed by atoms with Gasteiger partial charge in [-0.15, -0.1) is 0 Å². The quantitative estimate of drug-likeness (QED) is 0.806. The van der Waals surface area contributed by atoms with E-state index in [4.69, 9.17) is 21.1 Å². The molecular weight excluding hydrogens is 283 g/mol. The van der Waals surface area contributed by atoms with Gasteiger partial charge in [-0.2, -0.15) is 0 Å². The second kappa shape index (κ2) is 5.92. The first-order valence-corrected chi connectivity index (χ1v) is 6.16. The molecule has 104 valence electrons. The number of ketones is 1. The Balaban J connectivity index is 2.56. The molecule has 0 atom stereocenters. The van der Waals surface area contributed by atoms with E-state index in [0.717, 1.165) is 6.07 Å². The van der Waals surface area contributed by atoms with E-state index in [-0.39, 0.29) is 11.1 Å². The normalized spacial score (nSPS) is 10.2. The lowest BCUT2D eigenvalue weighted by molar-refractivity contribution is 0.103. The third-order valence-corrected chi connectivity index (χ3v) is 3.05. The van der Waals surface area contributed by atoms with Gasteiger partial charge in [0.05, 0.1) is 25.3 Å². The summed E-state index contributed by atoms with van der Waals surface area (Å²) in [5.41, 5.74) is 0.372. The molecule has 0 amide bonds. The molecule has 0 unspecified atom stereocenters. The smallest absolute Gasteiger partial charge is 0.200 e. The van der Waals surface area contributed by atoms with Crippen LogP contribution in [0.2, 0.25) is 5.02 Å². The molecule has 0 radical (unpaired) electrons. The molecule has 3 nitrogen and oxygen atoms in total. The summed E-state index contributed by atoms with van der Waals surface area (Å²) in [7, 11) is 2.86. The number of rotatable bonds is 4. The number of methoxy groups -OCH3 is 2. The van der Waals surface area contributed by atoms with Crippen molar-refractivity contribution in [3.63, 3.8) is 0 Å². The SMILES string of the molecule is COc1ccc(F)cc1C(=O)c1cc(Cl)ccc1OC. The van der Waals surface area contributed by atoms with Crippen LogP contribution in [-0.4, -0.2) is 20.0 Å². The van der Waals surface area contributed by atoms with Crippen LogP contribution < -0.4 is 9.47 Å². The number of carbonyl (C=O) groups excluding carboxylic acids is 1. The number of ether oxygens (including phenoxy) is 2. The molecule has 0 aliphatic carbocycles. The first-order valence-electron chi connectivity index (χ1n) is 5.78. The van der Waals surface area contributed by atoms with Crippen LogP contribution in [0.25, 0.3) is 0 Å². The fourth-order valence-corrected chi connectivity index (χ4v) is 2.03. The zero-order chi connectivity index (χ0) is 14.7. The van der Waals surface area contributed by atoms with E-state index >= 15 is 0 Å². The van der Waals surface area contributed by atoms with Gasteiger partial charge in [-0.1, -0.05) is 11.6 Å². The molecule has 0 aliphatic rings. The zero-order valence-electron chi connectivity index (χ0n) is 10.9. The number of hydrogen-bond donors (Lipinski definition) is 0. The molecule has 0 fully saturated rings.